The Hall–Kier alpha value is -6.85. The Labute approximate surface area is 331 Å². The van der Waals surface area contributed by atoms with Crippen LogP contribution in [0.1, 0.15) is 79.1 Å². The molecule has 0 aliphatic carbocycles. The van der Waals surface area contributed by atoms with Crippen LogP contribution in [0.5, 0.6) is 0 Å². The number of carboxylic acids is 2. The van der Waals surface area contributed by atoms with Gasteiger partial charge in [-0.1, -0.05) is 112 Å². The zero-order chi connectivity index (χ0) is 41.9. The van der Waals surface area contributed by atoms with Crippen molar-refractivity contribution in [1.29, 1.82) is 0 Å². The van der Waals surface area contributed by atoms with Gasteiger partial charge in [-0.25, -0.2) is 9.59 Å². The molecule has 0 amide bonds. The van der Waals surface area contributed by atoms with Crippen LogP contribution in [0.25, 0.3) is 0 Å². The predicted octanol–water partition coefficient (Wildman–Crippen LogP) is 9.90. The lowest BCUT2D eigenvalue weighted by Gasteiger charge is -1.96. The molecule has 0 spiro atoms. The molecular formula is C48H52N2O6. The Morgan fingerprint density at radius 2 is 1.02 bits per heavy atom. The number of carbonyl (C=O) groups excluding carboxylic acids is 1. The maximum atomic E-state index is 10.6. The Morgan fingerprint density at radius 1 is 0.589 bits per heavy atom. The van der Waals surface area contributed by atoms with Crippen molar-refractivity contribution in [3.8, 4) is 11.8 Å². The topological polar surface area (TPSA) is 132 Å². The van der Waals surface area contributed by atoms with Gasteiger partial charge in [0.1, 0.15) is 5.78 Å². The van der Waals surface area contributed by atoms with E-state index < -0.39 is 11.9 Å². The third-order valence-corrected chi connectivity index (χ3v) is 7.23. The number of hydrogen-bond acceptors (Lipinski definition) is 5. The maximum Gasteiger partial charge on any atom is 0.335 e. The fraction of sp³-hybridized carbons (Fsp3) is 0.188. The third-order valence-electron chi connectivity index (χ3n) is 7.23. The summed E-state index contributed by atoms with van der Waals surface area (Å²) < 4.78 is 0.698. The number of carbonyl (C=O) groups is 3. The number of carboxylic acid groups (broad SMARTS) is 2. The molecule has 8 heteroatoms. The number of aromatic carboxylic acids is 2. The second kappa shape index (κ2) is 26.8. The minimum absolute atomic E-state index is 0.105. The summed E-state index contributed by atoms with van der Waals surface area (Å²) in [5, 5.41) is 27.5. The van der Waals surface area contributed by atoms with Crippen molar-refractivity contribution < 1.29 is 29.3 Å². The first kappa shape index (κ1) is 47.2. The van der Waals surface area contributed by atoms with E-state index in [0.29, 0.717) is 22.3 Å². The molecule has 0 aliphatic heterocycles. The Bertz CT molecular complexity index is 2080. The molecule has 0 aliphatic rings. The van der Waals surface area contributed by atoms with Gasteiger partial charge in [-0.3, -0.25) is 9.78 Å². The number of benzene rings is 4. The minimum Gasteiger partial charge on any atom is -0.619 e. The van der Waals surface area contributed by atoms with Gasteiger partial charge in [0.2, 0.25) is 0 Å². The van der Waals surface area contributed by atoms with Crippen LogP contribution >= 0.6 is 0 Å². The number of Topliss-reactive ketones (excluding diaryl/α,β-unsaturated/α-hetero) is 1. The van der Waals surface area contributed by atoms with E-state index in [9.17, 15) is 19.6 Å². The van der Waals surface area contributed by atoms with Gasteiger partial charge in [-0.2, -0.15) is 4.73 Å². The molecule has 0 unspecified atom stereocenters. The molecule has 2 heterocycles. The van der Waals surface area contributed by atoms with E-state index in [0.717, 1.165) is 22.3 Å². The monoisotopic (exact) mass is 752 g/mol. The summed E-state index contributed by atoms with van der Waals surface area (Å²) in [4.78, 5) is 35.1. The van der Waals surface area contributed by atoms with E-state index >= 15 is 0 Å². The Balaban J connectivity index is 0.000000337. The van der Waals surface area contributed by atoms with Gasteiger partial charge >= 0.3 is 11.9 Å². The highest BCUT2D eigenvalue weighted by atomic mass is 16.5. The van der Waals surface area contributed by atoms with Crippen LogP contribution in [0.15, 0.2) is 146 Å². The average Bonchev–Trinajstić information content (AvgIpc) is 3.16. The molecule has 4 aromatic carbocycles. The predicted molar refractivity (Wildman–Crippen MR) is 225 cm³/mol. The SMILES string of the molecule is CC#Cc1ccncc1.CC(=O)Cc1cc[n+]([O-])cc1.Cc1ccc(C(=O)O)cc1.Cc1ccc(C)cc1.Cc1cccc(C(=O)O)c1.Cc1cccc(C)c1. The second-order valence-corrected chi connectivity index (χ2v) is 12.7. The normalized spacial score (nSPS) is 9.07. The van der Waals surface area contributed by atoms with Crippen LogP contribution in [0, 0.1) is 58.6 Å². The fourth-order valence-corrected chi connectivity index (χ4v) is 4.35. The smallest absolute Gasteiger partial charge is 0.335 e. The average molecular weight is 753 g/mol. The van der Waals surface area contributed by atoms with Crippen molar-refractivity contribution in [2.24, 2.45) is 0 Å². The van der Waals surface area contributed by atoms with Gasteiger partial charge in [0.05, 0.1) is 11.1 Å². The molecule has 0 saturated carbocycles. The highest BCUT2D eigenvalue weighted by Gasteiger charge is 2.00. The van der Waals surface area contributed by atoms with Crippen LogP contribution in [-0.4, -0.2) is 32.9 Å². The minimum atomic E-state index is -0.875. The quantitative estimate of drug-likeness (QED) is 0.104. The molecule has 0 bridgehead atoms. The number of rotatable bonds is 4. The molecule has 0 saturated heterocycles. The van der Waals surface area contributed by atoms with Gasteiger partial charge < -0.3 is 15.4 Å². The van der Waals surface area contributed by atoms with Crippen LogP contribution in [0.2, 0.25) is 0 Å². The van der Waals surface area contributed by atoms with Crippen molar-refractivity contribution in [1.82, 2.24) is 4.98 Å². The first-order valence-electron chi connectivity index (χ1n) is 17.8. The number of ketones is 1. The van der Waals surface area contributed by atoms with Gasteiger partial charge in [-0.05, 0) is 97.4 Å². The number of hydrogen-bond donors (Lipinski definition) is 2. The van der Waals surface area contributed by atoms with Crippen LogP contribution in [0.4, 0.5) is 0 Å². The first-order chi connectivity index (χ1) is 26.6. The summed E-state index contributed by atoms with van der Waals surface area (Å²) in [6.45, 7) is 15.5. The molecule has 56 heavy (non-hydrogen) atoms. The fourth-order valence-electron chi connectivity index (χ4n) is 4.35. The molecular weight excluding hydrogens is 701 g/mol. The van der Waals surface area contributed by atoms with Crippen LogP contribution in [0.3, 0.4) is 0 Å². The lowest BCUT2D eigenvalue weighted by molar-refractivity contribution is -0.605. The lowest BCUT2D eigenvalue weighted by atomic mass is 10.1. The number of aryl methyl sites for hydroxylation is 6. The van der Waals surface area contributed by atoms with Crippen molar-refractivity contribution in [2.75, 3.05) is 0 Å². The summed E-state index contributed by atoms with van der Waals surface area (Å²) >= 11 is 0. The van der Waals surface area contributed by atoms with Gasteiger partial charge in [0, 0.05) is 36.5 Å². The van der Waals surface area contributed by atoms with Crippen LogP contribution < -0.4 is 4.73 Å². The zero-order valence-electron chi connectivity index (χ0n) is 33.5. The molecule has 6 aromatic rings. The first-order valence-corrected chi connectivity index (χ1v) is 17.8. The summed E-state index contributed by atoms with van der Waals surface area (Å²) in [5.41, 5.74) is 9.97. The van der Waals surface area contributed by atoms with E-state index in [1.165, 1.54) is 41.6 Å². The lowest BCUT2D eigenvalue weighted by Crippen LogP contribution is -2.23. The van der Waals surface area contributed by atoms with Gasteiger partial charge in [-0.15, -0.1) is 5.92 Å². The molecule has 8 nitrogen and oxygen atoms in total. The summed E-state index contributed by atoms with van der Waals surface area (Å²) in [6, 6.07) is 37.6. The second-order valence-electron chi connectivity index (χ2n) is 12.7. The molecule has 0 atom stereocenters. The summed E-state index contributed by atoms with van der Waals surface area (Å²) in [5.74, 6) is 4.08. The van der Waals surface area contributed by atoms with E-state index in [4.69, 9.17) is 10.2 Å². The zero-order valence-corrected chi connectivity index (χ0v) is 33.5. The van der Waals surface area contributed by atoms with Crippen molar-refractivity contribution in [3.63, 3.8) is 0 Å². The molecule has 0 fully saturated rings. The number of aromatic nitrogens is 2. The highest BCUT2D eigenvalue weighted by molar-refractivity contribution is 5.88. The molecule has 290 valence electrons. The van der Waals surface area contributed by atoms with E-state index in [-0.39, 0.29) is 5.78 Å². The largest absolute Gasteiger partial charge is 0.619 e. The van der Waals surface area contributed by atoms with Gasteiger partial charge in [0.25, 0.3) is 0 Å². The van der Waals surface area contributed by atoms with Crippen LogP contribution in [-0.2, 0) is 11.2 Å². The van der Waals surface area contributed by atoms with E-state index in [2.05, 4.69) is 93.1 Å². The Kier molecular flexibility index (Phi) is 22.6. The molecule has 0 radical (unpaired) electrons. The number of pyridine rings is 2. The summed E-state index contributed by atoms with van der Waals surface area (Å²) in [6.07, 6.45) is 6.65. The van der Waals surface area contributed by atoms with Gasteiger partial charge in [0.15, 0.2) is 12.4 Å². The van der Waals surface area contributed by atoms with E-state index in [1.54, 1.807) is 67.0 Å². The van der Waals surface area contributed by atoms with Crippen molar-refractivity contribution in [2.45, 2.75) is 61.8 Å². The molecule has 2 aromatic heterocycles. The molecule has 6 rings (SSSR count). The highest BCUT2D eigenvalue weighted by Crippen LogP contribution is 2.04. The maximum absolute atomic E-state index is 10.6. The Morgan fingerprint density at radius 3 is 1.38 bits per heavy atom. The number of nitrogens with zero attached hydrogens (tertiary/aromatic N) is 2. The van der Waals surface area contributed by atoms with E-state index in [1.807, 2.05) is 39.0 Å². The summed E-state index contributed by atoms with van der Waals surface area (Å²) in [7, 11) is 0. The standard InChI is InChI=1S/C8H9NO2.C8H7N.2C8H8O2.2C8H10/c1-7(10)6-8-2-4-9(11)5-3-8;1-2-3-8-4-6-9-7-5-8;1-6-2-4-7(5-3-6)8(9)10;1-6-3-2-4-7(5-6)8(9)10;1-7-3-5-8(2)6-4-7;1-7-4-3-5-8(2)6-7/h2-5H,6H2,1H3;4-7H,1H3;2*2-5H,1H3,(H,9,10);2*3-6H,1-2H3. The van der Waals surface area contributed by atoms with Crippen molar-refractivity contribution in [3.05, 3.63) is 207 Å². The van der Waals surface area contributed by atoms with Crippen molar-refractivity contribution >= 4 is 17.7 Å². The third kappa shape index (κ3) is 22.9. The molecule has 2 N–H and O–H groups in total.